The summed E-state index contributed by atoms with van der Waals surface area (Å²) >= 11 is 6.01. The van der Waals surface area contributed by atoms with Crippen molar-refractivity contribution in [2.24, 2.45) is 0 Å². The molecule has 3 nitrogen and oxygen atoms in total. The monoisotopic (exact) mass is 276 g/mol. The Labute approximate surface area is 115 Å². The van der Waals surface area contributed by atoms with Crippen LogP contribution in [-0.4, -0.2) is 0 Å². The molecule has 0 unspecified atom stereocenters. The summed E-state index contributed by atoms with van der Waals surface area (Å²) in [5.74, 6) is -0.157. The van der Waals surface area contributed by atoms with Gasteiger partial charge in [0.1, 0.15) is 18.2 Å². The third-order valence-corrected chi connectivity index (χ3v) is 2.90. The van der Waals surface area contributed by atoms with Gasteiger partial charge in [-0.15, -0.1) is 0 Å². The summed E-state index contributed by atoms with van der Waals surface area (Å²) in [5.41, 5.74) is 6.64. The van der Waals surface area contributed by atoms with Crippen LogP contribution in [0.25, 0.3) is 0 Å². The smallest absolute Gasteiger partial charge is 0.149 e. The topological polar surface area (TPSA) is 59.0 Å². The first-order valence-corrected chi connectivity index (χ1v) is 5.84. The SMILES string of the molecule is N#Cc1ccc(COc2ccc(N)c(F)c2)c(Cl)c1. The number of nitriles is 1. The first-order chi connectivity index (χ1) is 9.10. The normalized spacial score (nSPS) is 9.95. The maximum Gasteiger partial charge on any atom is 0.149 e. The first-order valence-electron chi connectivity index (χ1n) is 5.46. The molecule has 96 valence electrons. The lowest BCUT2D eigenvalue weighted by Crippen LogP contribution is -1.98. The minimum absolute atomic E-state index is 0.0729. The Morgan fingerprint density at radius 3 is 2.68 bits per heavy atom. The van der Waals surface area contributed by atoms with Crippen LogP contribution < -0.4 is 10.5 Å². The fraction of sp³-hybridized carbons (Fsp3) is 0.0714. The van der Waals surface area contributed by atoms with Gasteiger partial charge in [-0.1, -0.05) is 17.7 Å². The van der Waals surface area contributed by atoms with Crippen molar-refractivity contribution in [3.05, 3.63) is 58.4 Å². The van der Waals surface area contributed by atoms with Crippen LogP contribution in [0, 0.1) is 17.1 Å². The van der Waals surface area contributed by atoms with Crippen LogP contribution in [-0.2, 0) is 6.61 Å². The molecule has 0 saturated heterocycles. The van der Waals surface area contributed by atoms with E-state index in [9.17, 15) is 4.39 Å². The van der Waals surface area contributed by atoms with Crippen LogP contribution in [0.2, 0.25) is 5.02 Å². The van der Waals surface area contributed by atoms with E-state index in [-0.39, 0.29) is 12.3 Å². The quantitative estimate of drug-likeness (QED) is 0.873. The van der Waals surface area contributed by atoms with Crippen molar-refractivity contribution in [3.63, 3.8) is 0 Å². The number of benzene rings is 2. The lowest BCUT2D eigenvalue weighted by Gasteiger charge is -2.08. The Kier molecular flexibility index (Phi) is 3.88. The van der Waals surface area contributed by atoms with Crippen molar-refractivity contribution in [1.82, 2.24) is 0 Å². The number of rotatable bonds is 3. The van der Waals surface area contributed by atoms with Gasteiger partial charge in [0.15, 0.2) is 0 Å². The van der Waals surface area contributed by atoms with E-state index >= 15 is 0 Å². The summed E-state index contributed by atoms with van der Waals surface area (Å²) in [6.07, 6.45) is 0. The predicted octanol–water partition coefficient (Wildman–Crippen LogP) is 3.51. The summed E-state index contributed by atoms with van der Waals surface area (Å²) in [6, 6.07) is 11.1. The lowest BCUT2D eigenvalue weighted by atomic mass is 10.1. The van der Waals surface area contributed by atoms with Gasteiger partial charge >= 0.3 is 0 Å². The Morgan fingerprint density at radius 1 is 1.26 bits per heavy atom. The van der Waals surface area contributed by atoms with Crippen molar-refractivity contribution in [2.75, 3.05) is 5.73 Å². The highest BCUT2D eigenvalue weighted by molar-refractivity contribution is 6.31. The minimum Gasteiger partial charge on any atom is -0.489 e. The van der Waals surface area contributed by atoms with Crippen LogP contribution in [0.4, 0.5) is 10.1 Å². The van der Waals surface area contributed by atoms with Gasteiger partial charge in [-0.05, 0) is 24.3 Å². The molecule has 19 heavy (non-hydrogen) atoms. The van der Waals surface area contributed by atoms with E-state index in [1.54, 1.807) is 24.3 Å². The van der Waals surface area contributed by atoms with E-state index in [2.05, 4.69) is 0 Å². The number of hydrogen-bond acceptors (Lipinski definition) is 3. The summed E-state index contributed by atoms with van der Waals surface area (Å²) in [5, 5.41) is 9.16. The van der Waals surface area contributed by atoms with Gasteiger partial charge in [0, 0.05) is 16.7 Å². The Bertz CT molecular complexity index is 652. The second kappa shape index (κ2) is 5.59. The molecule has 0 saturated carbocycles. The zero-order chi connectivity index (χ0) is 13.8. The summed E-state index contributed by atoms with van der Waals surface area (Å²) in [6.45, 7) is 0.188. The second-order valence-corrected chi connectivity index (χ2v) is 4.30. The van der Waals surface area contributed by atoms with Crippen LogP contribution in [0.3, 0.4) is 0 Å². The molecule has 2 aromatic carbocycles. The number of halogens is 2. The van der Waals surface area contributed by atoms with Gasteiger partial charge in [0.2, 0.25) is 0 Å². The molecule has 2 aromatic rings. The zero-order valence-corrected chi connectivity index (χ0v) is 10.6. The highest BCUT2D eigenvalue weighted by atomic mass is 35.5. The first kappa shape index (κ1) is 13.2. The van der Waals surface area contributed by atoms with Crippen LogP contribution in [0.1, 0.15) is 11.1 Å². The van der Waals surface area contributed by atoms with Crippen molar-refractivity contribution >= 4 is 17.3 Å². The number of hydrogen-bond donors (Lipinski definition) is 1. The Morgan fingerprint density at radius 2 is 2.05 bits per heavy atom. The molecule has 0 atom stereocenters. The summed E-state index contributed by atoms with van der Waals surface area (Å²) < 4.78 is 18.6. The predicted molar refractivity (Wildman–Crippen MR) is 71.3 cm³/mol. The molecular weight excluding hydrogens is 267 g/mol. The van der Waals surface area contributed by atoms with Crippen LogP contribution in [0.5, 0.6) is 5.75 Å². The molecule has 0 aromatic heterocycles. The maximum absolute atomic E-state index is 13.2. The molecule has 2 N–H and O–H groups in total. The number of nitrogens with zero attached hydrogens (tertiary/aromatic N) is 1. The van der Waals surface area contributed by atoms with Gasteiger partial charge in [0.25, 0.3) is 0 Å². The average Bonchev–Trinajstić information content (AvgIpc) is 2.41. The molecule has 0 amide bonds. The zero-order valence-electron chi connectivity index (χ0n) is 9.86. The molecule has 0 aliphatic heterocycles. The Hall–Kier alpha value is -2.25. The van der Waals surface area contributed by atoms with Crippen molar-refractivity contribution in [2.45, 2.75) is 6.61 Å². The lowest BCUT2D eigenvalue weighted by molar-refractivity contribution is 0.305. The van der Waals surface area contributed by atoms with Crippen LogP contribution >= 0.6 is 11.6 Å². The maximum atomic E-state index is 13.2. The molecule has 2 rings (SSSR count). The summed E-state index contributed by atoms with van der Waals surface area (Å²) in [7, 11) is 0. The molecule has 0 radical (unpaired) electrons. The number of nitrogens with two attached hydrogens (primary N) is 1. The third kappa shape index (κ3) is 3.15. The van der Waals surface area contributed by atoms with Crippen LogP contribution in [0.15, 0.2) is 36.4 Å². The molecule has 0 aliphatic rings. The largest absolute Gasteiger partial charge is 0.489 e. The van der Waals surface area contributed by atoms with E-state index in [4.69, 9.17) is 27.3 Å². The van der Waals surface area contributed by atoms with E-state index < -0.39 is 5.82 Å². The average molecular weight is 277 g/mol. The van der Waals surface area contributed by atoms with E-state index in [0.29, 0.717) is 16.3 Å². The fourth-order valence-electron chi connectivity index (χ4n) is 1.49. The van der Waals surface area contributed by atoms with Crippen molar-refractivity contribution < 1.29 is 9.13 Å². The van der Waals surface area contributed by atoms with Gasteiger partial charge in [-0.25, -0.2) is 4.39 Å². The highest BCUT2D eigenvalue weighted by Crippen LogP contribution is 2.22. The number of nitrogen functional groups attached to an aromatic ring is 1. The molecule has 0 bridgehead atoms. The van der Waals surface area contributed by atoms with E-state index in [0.717, 1.165) is 5.56 Å². The molecule has 5 heteroatoms. The summed E-state index contributed by atoms with van der Waals surface area (Å²) in [4.78, 5) is 0. The van der Waals surface area contributed by atoms with E-state index in [1.807, 2.05) is 6.07 Å². The molecule has 0 spiro atoms. The van der Waals surface area contributed by atoms with Gasteiger partial charge < -0.3 is 10.5 Å². The van der Waals surface area contributed by atoms with Gasteiger partial charge in [0.05, 0.1) is 17.3 Å². The molecule has 0 heterocycles. The molecule has 0 fully saturated rings. The highest BCUT2D eigenvalue weighted by Gasteiger charge is 2.05. The fourth-order valence-corrected chi connectivity index (χ4v) is 1.73. The number of anilines is 1. The van der Waals surface area contributed by atoms with Gasteiger partial charge in [-0.3, -0.25) is 0 Å². The third-order valence-electron chi connectivity index (χ3n) is 2.55. The second-order valence-electron chi connectivity index (χ2n) is 3.89. The molecular formula is C14H10ClFN2O. The van der Waals surface area contributed by atoms with Crippen molar-refractivity contribution in [1.29, 1.82) is 5.26 Å². The molecule has 0 aliphatic carbocycles. The standard InChI is InChI=1S/C14H10ClFN2O/c15-12-5-9(7-17)1-2-10(12)8-19-11-3-4-14(18)13(16)6-11/h1-6H,8,18H2. The minimum atomic E-state index is -0.525. The number of ether oxygens (including phenoxy) is 1. The van der Waals surface area contributed by atoms with Gasteiger partial charge in [-0.2, -0.15) is 5.26 Å². The van der Waals surface area contributed by atoms with E-state index in [1.165, 1.54) is 12.1 Å². The Balaban J connectivity index is 2.10. The van der Waals surface area contributed by atoms with Crippen molar-refractivity contribution in [3.8, 4) is 11.8 Å².